The SMILES string of the molecule is Nc1nc2c(ncn2[C@@H]2O[C@H](CNS(=O)(=O)NC(=O)CCc3c[nH]c4ccccc34)C(O)C2O)c(=O)[nH]1. The lowest BCUT2D eigenvalue weighted by Gasteiger charge is -2.16. The van der Waals surface area contributed by atoms with E-state index in [1.54, 1.807) is 6.20 Å². The van der Waals surface area contributed by atoms with Gasteiger partial charge in [-0.3, -0.25) is 19.1 Å². The number of nitrogens with zero attached hydrogens (tertiary/aromatic N) is 3. The predicted molar refractivity (Wildman–Crippen MR) is 130 cm³/mol. The monoisotopic (exact) mass is 532 g/mol. The number of carbonyl (C=O) groups excluding carboxylic acids is 1. The summed E-state index contributed by atoms with van der Waals surface area (Å²) in [6.07, 6.45) is -2.20. The van der Waals surface area contributed by atoms with Crippen molar-refractivity contribution in [1.29, 1.82) is 0 Å². The van der Waals surface area contributed by atoms with Crippen molar-refractivity contribution in [3.05, 3.63) is 52.7 Å². The average Bonchev–Trinajstić information content (AvgIpc) is 3.53. The van der Waals surface area contributed by atoms with Crippen molar-refractivity contribution in [3.8, 4) is 0 Å². The van der Waals surface area contributed by atoms with E-state index in [2.05, 4.69) is 24.7 Å². The lowest BCUT2D eigenvalue weighted by Crippen LogP contribution is -2.45. The second-order valence-corrected chi connectivity index (χ2v) is 10.1. The van der Waals surface area contributed by atoms with Crippen LogP contribution in [0.3, 0.4) is 0 Å². The highest BCUT2D eigenvalue weighted by molar-refractivity contribution is 7.88. The number of nitrogen functional groups attached to an aromatic ring is 1. The minimum Gasteiger partial charge on any atom is -0.387 e. The number of rotatable bonds is 8. The first kappa shape index (κ1) is 24.8. The fourth-order valence-corrected chi connectivity index (χ4v) is 5.13. The second kappa shape index (κ2) is 9.56. The molecule has 1 amide bonds. The van der Waals surface area contributed by atoms with Crippen LogP contribution in [0.15, 0.2) is 41.6 Å². The summed E-state index contributed by atoms with van der Waals surface area (Å²) < 4.78 is 35.7. The zero-order chi connectivity index (χ0) is 26.3. The van der Waals surface area contributed by atoms with Crippen LogP contribution in [-0.2, 0) is 26.2 Å². The Hall–Kier alpha value is -3.83. The topological polar surface area (TPSA) is 230 Å². The Bertz CT molecular complexity index is 1630. The average molecular weight is 533 g/mol. The van der Waals surface area contributed by atoms with Crippen molar-refractivity contribution >= 4 is 44.1 Å². The molecular formula is C21H24N8O7S. The second-order valence-electron chi connectivity index (χ2n) is 8.56. The predicted octanol–water partition coefficient (Wildman–Crippen LogP) is -1.61. The third-order valence-corrected chi connectivity index (χ3v) is 7.12. The van der Waals surface area contributed by atoms with Crippen molar-refractivity contribution in [2.45, 2.75) is 37.4 Å². The first-order valence-electron chi connectivity index (χ1n) is 11.2. The summed E-state index contributed by atoms with van der Waals surface area (Å²) in [6, 6.07) is 7.55. The summed E-state index contributed by atoms with van der Waals surface area (Å²) in [7, 11) is -4.28. The number of H-pyrrole nitrogens is 2. The molecule has 1 saturated heterocycles. The molecule has 3 aromatic heterocycles. The van der Waals surface area contributed by atoms with Crippen LogP contribution in [0.4, 0.5) is 5.95 Å². The van der Waals surface area contributed by atoms with E-state index in [1.165, 1.54) is 10.9 Å². The van der Waals surface area contributed by atoms with Crippen LogP contribution < -0.4 is 20.7 Å². The smallest absolute Gasteiger partial charge is 0.301 e. The first-order valence-corrected chi connectivity index (χ1v) is 12.7. The van der Waals surface area contributed by atoms with Crippen LogP contribution in [0.5, 0.6) is 0 Å². The van der Waals surface area contributed by atoms with Crippen LogP contribution in [0.2, 0.25) is 0 Å². The van der Waals surface area contributed by atoms with E-state index in [1.807, 2.05) is 29.0 Å². The summed E-state index contributed by atoms with van der Waals surface area (Å²) in [4.78, 5) is 37.6. The molecular weight excluding hydrogens is 508 g/mol. The minimum absolute atomic E-state index is 0.0150. The van der Waals surface area contributed by atoms with Gasteiger partial charge < -0.3 is 25.7 Å². The number of aryl methyl sites for hydroxylation is 1. The minimum atomic E-state index is -4.28. The maximum atomic E-state index is 12.4. The van der Waals surface area contributed by atoms with Gasteiger partial charge in [-0.2, -0.15) is 18.1 Å². The zero-order valence-corrected chi connectivity index (χ0v) is 20.0. The number of fused-ring (bicyclic) bond motifs is 2. The van der Waals surface area contributed by atoms with Gasteiger partial charge in [-0.15, -0.1) is 0 Å². The molecule has 1 fully saturated rings. The van der Waals surface area contributed by atoms with Crippen LogP contribution in [0, 0.1) is 0 Å². The third-order valence-electron chi connectivity index (χ3n) is 6.08. The fraction of sp³-hybridized carbons (Fsp3) is 0.333. The van der Waals surface area contributed by atoms with Gasteiger partial charge in [-0.05, 0) is 18.1 Å². The van der Waals surface area contributed by atoms with Gasteiger partial charge in [-0.25, -0.2) is 9.71 Å². The summed E-state index contributed by atoms with van der Waals surface area (Å²) in [5.74, 6) is -0.903. The van der Waals surface area contributed by atoms with E-state index in [9.17, 15) is 28.2 Å². The highest BCUT2D eigenvalue weighted by atomic mass is 32.2. The molecule has 1 aliphatic rings. The number of imidazole rings is 1. The van der Waals surface area contributed by atoms with Crippen LogP contribution in [0.1, 0.15) is 18.2 Å². The van der Waals surface area contributed by atoms with Gasteiger partial charge in [-0.1, -0.05) is 18.2 Å². The van der Waals surface area contributed by atoms with E-state index in [0.717, 1.165) is 16.5 Å². The summed E-state index contributed by atoms with van der Waals surface area (Å²) in [5.41, 5.74) is 6.73. The molecule has 4 atom stereocenters. The number of para-hydroxylation sites is 1. The standard InChI is InChI=1S/C21H24N8O7S/c22-21-26-18-15(19(33)27-21)24-9-29(18)20-17(32)16(31)13(36-20)8-25-37(34,35)28-14(30)6-5-10-7-23-12-4-2-1-3-11(10)12/h1-4,7,9,13,16-17,20,23,25,31-32H,5-6,8H2,(H,28,30)(H3,22,26,27,33)/t13-,16?,17?,20-/m1/s1. The van der Waals surface area contributed by atoms with E-state index in [-0.39, 0.29) is 23.5 Å². The molecule has 5 rings (SSSR count). The Labute approximate surface area is 208 Å². The number of anilines is 1. The van der Waals surface area contributed by atoms with Gasteiger partial charge in [0.15, 0.2) is 17.4 Å². The Balaban J connectivity index is 1.19. The van der Waals surface area contributed by atoms with E-state index < -0.39 is 52.8 Å². The third kappa shape index (κ3) is 4.92. The molecule has 0 bridgehead atoms. The molecule has 8 N–H and O–H groups in total. The van der Waals surface area contributed by atoms with Gasteiger partial charge >= 0.3 is 10.2 Å². The zero-order valence-electron chi connectivity index (χ0n) is 19.2. The molecule has 0 aliphatic carbocycles. The van der Waals surface area contributed by atoms with Crippen molar-refractivity contribution in [3.63, 3.8) is 0 Å². The lowest BCUT2D eigenvalue weighted by atomic mass is 10.1. The number of amides is 1. The number of hydrogen-bond donors (Lipinski definition) is 7. The van der Waals surface area contributed by atoms with Crippen molar-refractivity contribution in [1.82, 2.24) is 33.9 Å². The molecule has 2 unspecified atom stereocenters. The van der Waals surface area contributed by atoms with Crippen molar-refractivity contribution < 1.29 is 28.2 Å². The number of carbonyl (C=O) groups is 1. The summed E-state index contributed by atoms with van der Waals surface area (Å²) in [5, 5.41) is 21.9. The van der Waals surface area contributed by atoms with Gasteiger partial charge in [0.2, 0.25) is 11.9 Å². The number of nitrogens with one attached hydrogen (secondary N) is 4. The molecule has 0 radical (unpaired) electrons. The van der Waals surface area contributed by atoms with Gasteiger partial charge in [0, 0.05) is 30.1 Å². The maximum Gasteiger partial charge on any atom is 0.301 e. The van der Waals surface area contributed by atoms with Crippen molar-refractivity contribution in [2.24, 2.45) is 0 Å². The van der Waals surface area contributed by atoms with Gasteiger partial charge in [0.1, 0.15) is 18.3 Å². The van der Waals surface area contributed by atoms with E-state index >= 15 is 0 Å². The molecule has 1 aliphatic heterocycles. The number of aromatic amines is 2. The van der Waals surface area contributed by atoms with Crippen LogP contribution >= 0.6 is 0 Å². The highest BCUT2D eigenvalue weighted by Gasteiger charge is 2.44. The quantitative estimate of drug-likeness (QED) is 0.137. The van der Waals surface area contributed by atoms with Crippen molar-refractivity contribution in [2.75, 3.05) is 12.3 Å². The highest BCUT2D eigenvalue weighted by Crippen LogP contribution is 2.31. The molecule has 196 valence electrons. The number of aromatic nitrogens is 5. The normalized spacial score (nSPS) is 22.1. The number of ether oxygens (including phenoxy) is 1. The Morgan fingerprint density at radius 3 is 2.84 bits per heavy atom. The van der Waals surface area contributed by atoms with Gasteiger partial charge in [0.25, 0.3) is 5.56 Å². The first-order chi connectivity index (χ1) is 17.6. The molecule has 1 aromatic carbocycles. The molecule has 37 heavy (non-hydrogen) atoms. The molecule has 0 saturated carbocycles. The van der Waals surface area contributed by atoms with Crippen LogP contribution in [-0.4, -0.2) is 73.9 Å². The number of hydrogen-bond acceptors (Lipinski definition) is 10. The van der Waals surface area contributed by atoms with E-state index in [4.69, 9.17) is 10.5 Å². The summed E-state index contributed by atoms with van der Waals surface area (Å²) >= 11 is 0. The fourth-order valence-electron chi connectivity index (χ4n) is 4.27. The molecule has 4 heterocycles. The number of nitrogens with two attached hydrogens (primary N) is 1. The molecule has 16 heteroatoms. The Morgan fingerprint density at radius 2 is 2.03 bits per heavy atom. The lowest BCUT2D eigenvalue weighted by molar-refractivity contribution is -0.119. The Kier molecular flexibility index (Phi) is 6.42. The largest absolute Gasteiger partial charge is 0.387 e. The number of aliphatic hydroxyl groups is 2. The van der Waals surface area contributed by atoms with Gasteiger partial charge in [0.05, 0.1) is 6.33 Å². The van der Waals surface area contributed by atoms with Crippen LogP contribution in [0.25, 0.3) is 22.1 Å². The number of benzene rings is 1. The number of aliphatic hydroxyl groups excluding tert-OH is 2. The molecule has 15 nitrogen and oxygen atoms in total. The molecule has 4 aromatic rings. The maximum absolute atomic E-state index is 12.4. The Morgan fingerprint density at radius 1 is 1.24 bits per heavy atom. The molecule has 0 spiro atoms. The van der Waals surface area contributed by atoms with E-state index in [0.29, 0.717) is 6.42 Å². The summed E-state index contributed by atoms with van der Waals surface area (Å²) in [6.45, 7) is -0.456.